The molecule has 1 N–H and O–H groups in total. The van der Waals surface area contributed by atoms with Gasteiger partial charge in [0.25, 0.3) is 0 Å². The van der Waals surface area contributed by atoms with Gasteiger partial charge in [0, 0.05) is 6.54 Å². The van der Waals surface area contributed by atoms with E-state index in [-0.39, 0.29) is 23.9 Å². The first-order valence-electron chi connectivity index (χ1n) is 7.76. The van der Waals surface area contributed by atoms with Crippen molar-refractivity contribution in [2.75, 3.05) is 6.54 Å². The minimum absolute atomic E-state index is 0.0197. The van der Waals surface area contributed by atoms with Crippen molar-refractivity contribution in [2.45, 2.75) is 70.9 Å². The summed E-state index contributed by atoms with van der Waals surface area (Å²) in [5, 5.41) is 2.96. The van der Waals surface area contributed by atoms with E-state index in [1.54, 1.807) is 4.90 Å². The molecule has 108 valence electrons. The first-order chi connectivity index (χ1) is 9.15. The van der Waals surface area contributed by atoms with Gasteiger partial charge in [0.05, 0.1) is 0 Å². The van der Waals surface area contributed by atoms with Gasteiger partial charge in [-0.3, -0.25) is 9.59 Å². The lowest BCUT2D eigenvalue weighted by Gasteiger charge is -2.41. The monoisotopic (exact) mass is 266 g/mol. The van der Waals surface area contributed by atoms with Gasteiger partial charge in [-0.2, -0.15) is 0 Å². The Labute approximate surface area is 115 Å². The highest BCUT2D eigenvalue weighted by Crippen LogP contribution is 2.29. The molecule has 0 bridgehead atoms. The van der Waals surface area contributed by atoms with E-state index in [2.05, 4.69) is 12.2 Å². The van der Waals surface area contributed by atoms with Crippen LogP contribution in [0.4, 0.5) is 0 Å². The van der Waals surface area contributed by atoms with Crippen LogP contribution in [0.25, 0.3) is 0 Å². The molecular weight excluding hydrogens is 240 g/mol. The zero-order valence-electron chi connectivity index (χ0n) is 12.2. The largest absolute Gasteiger partial charge is 0.342 e. The molecule has 0 aromatic heterocycles. The average Bonchev–Trinajstić information content (AvgIpc) is 2.44. The molecule has 2 unspecified atom stereocenters. The molecule has 4 nitrogen and oxygen atoms in total. The number of nitrogens with one attached hydrogen (secondary N) is 1. The van der Waals surface area contributed by atoms with Crippen LogP contribution in [0.1, 0.15) is 58.8 Å². The molecule has 19 heavy (non-hydrogen) atoms. The van der Waals surface area contributed by atoms with Gasteiger partial charge in [-0.1, -0.05) is 32.6 Å². The van der Waals surface area contributed by atoms with Crippen molar-refractivity contribution in [1.82, 2.24) is 10.2 Å². The Morgan fingerprint density at radius 1 is 1.21 bits per heavy atom. The van der Waals surface area contributed by atoms with Crippen molar-refractivity contribution >= 4 is 11.8 Å². The molecule has 0 aromatic rings. The Kier molecular flexibility index (Phi) is 4.83. The standard InChI is InChI=1S/C15H26N2O2/c1-3-4-10-17-11(2)14(18)16-13(15(17)19)12-8-6-5-7-9-12/h11-13H,3-10H2,1-2H3,(H,16,18). The van der Waals surface area contributed by atoms with Crippen LogP contribution in [0.2, 0.25) is 0 Å². The summed E-state index contributed by atoms with van der Waals surface area (Å²) < 4.78 is 0. The van der Waals surface area contributed by atoms with E-state index >= 15 is 0 Å². The van der Waals surface area contributed by atoms with Gasteiger partial charge in [-0.15, -0.1) is 0 Å². The Morgan fingerprint density at radius 3 is 2.53 bits per heavy atom. The third-order valence-electron chi connectivity index (χ3n) is 4.57. The van der Waals surface area contributed by atoms with Crippen LogP contribution in [-0.2, 0) is 9.59 Å². The normalized spacial score (nSPS) is 29.5. The number of piperazine rings is 1. The number of carbonyl (C=O) groups excluding carboxylic acids is 2. The molecule has 0 spiro atoms. The molecule has 2 fully saturated rings. The van der Waals surface area contributed by atoms with Crippen LogP contribution in [0.5, 0.6) is 0 Å². The Bertz CT molecular complexity index is 337. The molecule has 1 heterocycles. The highest BCUT2D eigenvalue weighted by molar-refractivity contribution is 5.96. The lowest BCUT2D eigenvalue weighted by atomic mass is 9.82. The topological polar surface area (TPSA) is 49.4 Å². The molecule has 2 atom stereocenters. The van der Waals surface area contributed by atoms with Gasteiger partial charge in [0.2, 0.25) is 11.8 Å². The zero-order valence-corrected chi connectivity index (χ0v) is 12.2. The minimum atomic E-state index is -0.307. The number of nitrogens with zero attached hydrogens (tertiary/aromatic N) is 1. The predicted molar refractivity (Wildman–Crippen MR) is 74.6 cm³/mol. The summed E-state index contributed by atoms with van der Waals surface area (Å²) in [7, 11) is 0. The third kappa shape index (κ3) is 3.10. The SMILES string of the molecule is CCCCN1C(=O)C(C2CCCCC2)NC(=O)C1C. The molecular formula is C15H26N2O2. The summed E-state index contributed by atoms with van der Waals surface area (Å²) in [6, 6.07) is -0.570. The zero-order chi connectivity index (χ0) is 13.8. The van der Waals surface area contributed by atoms with Crippen LogP contribution >= 0.6 is 0 Å². The molecule has 2 rings (SSSR count). The Hall–Kier alpha value is -1.06. The van der Waals surface area contributed by atoms with E-state index in [4.69, 9.17) is 0 Å². The van der Waals surface area contributed by atoms with Crippen LogP contribution in [0.3, 0.4) is 0 Å². The van der Waals surface area contributed by atoms with E-state index in [0.29, 0.717) is 12.5 Å². The molecule has 2 amide bonds. The van der Waals surface area contributed by atoms with Crippen LogP contribution in [-0.4, -0.2) is 35.3 Å². The summed E-state index contributed by atoms with van der Waals surface area (Å²) >= 11 is 0. The van der Waals surface area contributed by atoms with Gasteiger partial charge in [-0.25, -0.2) is 0 Å². The van der Waals surface area contributed by atoms with Gasteiger partial charge >= 0.3 is 0 Å². The van der Waals surface area contributed by atoms with E-state index in [9.17, 15) is 9.59 Å². The Balaban J connectivity index is 2.07. The van der Waals surface area contributed by atoms with Crippen molar-refractivity contribution in [3.63, 3.8) is 0 Å². The van der Waals surface area contributed by atoms with Crippen molar-refractivity contribution < 1.29 is 9.59 Å². The maximum atomic E-state index is 12.6. The summed E-state index contributed by atoms with van der Waals surface area (Å²) in [6.45, 7) is 4.66. The first-order valence-corrected chi connectivity index (χ1v) is 7.76. The van der Waals surface area contributed by atoms with E-state index in [1.807, 2.05) is 6.92 Å². The van der Waals surface area contributed by atoms with Gasteiger partial charge in [0.15, 0.2) is 0 Å². The van der Waals surface area contributed by atoms with Crippen LogP contribution in [0.15, 0.2) is 0 Å². The van der Waals surface area contributed by atoms with Gasteiger partial charge in [0.1, 0.15) is 12.1 Å². The van der Waals surface area contributed by atoms with Crippen molar-refractivity contribution in [3.8, 4) is 0 Å². The molecule has 1 saturated carbocycles. The molecule has 2 aliphatic rings. The Morgan fingerprint density at radius 2 is 1.89 bits per heavy atom. The number of hydrogen-bond acceptors (Lipinski definition) is 2. The summed E-state index contributed by atoms with van der Waals surface area (Å²) in [4.78, 5) is 26.5. The molecule has 1 saturated heterocycles. The smallest absolute Gasteiger partial charge is 0.246 e. The van der Waals surface area contributed by atoms with Crippen molar-refractivity contribution in [3.05, 3.63) is 0 Å². The number of hydrogen-bond donors (Lipinski definition) is 1. The van der Waals surface area contributed by atoms with Crippen LogP contribution < -0.4 is 5.32 Å². The highest BCUT2D eigenvalue weighted by atomic mass is 16.2. The number of rotatable bonds is 4. The molecule has 1 aliphatic heterocycles. The summed E-state index contributed by atoms with van der Waals surface area (Å²) in [6.07, 6.45) is 7.82. The second kappa shape index (κ2) is 6.40. The highest BCUT2D eigenvalue weighted by Gasteiger charge is 2.41. The average molecular weight is 266 g/mol. The second-order valence-electron chi connectivity index (χ2n) is 5.95. The lowest BCUT2D eigenvalue weighted by Crippen LogP contribution is -2.64. The van der Waals surface area contributed by atoms with Gasteiger partial charge < -0.3 is 10.2 Å². The van der Waals surface area contributed by atoms with Gasteiger partial charge in [-0.05, 0) is 32.1 Å². The molecule has 4 heteroatoms. The minimum Gasteiger partial charge on any atom is -0.342 e. The predicted octanol–water partition coefficient (Wildman–Crippen LogP) is 2.08. The first kappa shape index (κ1) is 14.4. The van der Waals surface area contributed by atoms with Crippen molar-refractivity contribution in [1.29, 1.82) is 0 Å². The van der Waals surface area contributed by atoms with E-state index in [0.717, 1.165) is 25.7 Å². The lowest BCUT2D eigenvalue weighted by molar-refractivity contribution is -0.150. The summed E-state index contributed by atoms with van der Waals surface area (Å²) in [5.41, 5.74) is 0. The molecule has 1 aliphatic carbocycles. The second-order valence-corrected chi connectivity index (χ2v) is 5.95. The van der Waals surface area contributed by atoms with Crippen molar-refractivity contribution in [2.24, 2.45) is 5.92 Å². The quantitative estimate of drug-likeness (QED) is 0.847. The van der Waals surface area contributed by atoms with E-state index in [1.165, 1.54) is 19.3 Å². The van der Waals surface area contributed by atoms with E-state index < -0.39 is 0 Å². The number of amides is 2. The maximum Gasteiger partial charge on any atom is 0.246 e. The summed E-state index contributed by atoms with van der Waals surface area (Å²) in [5.74, 6) is 0.514. The fraction of sp³-hybridized carbons (Fsp3) is 0.867. The molecule has 0 radical (unpaired) electrons. The number of unbranched alkanes of at least 4 members (excludes halogenated alkanes) is 1. The maximum absolute atomic E-state index is 12.6. The number of carbonyl (C=O) groups is 2. The molecule has 0 aromatic carbocycles. The van der Waals surface area contributed by atoms with Crippen LogP contribution in [0, 0.1) is 5.92 Å². The fourth-order valence-corrected chi connectivity index (χ4v) is 3.27. The third-order valence-corrected chi connectivity index (χ3v) is 4.57. The fourth-order valence-electron chi connectivity index (χ4n) is 3.27.